The number of halogens is 3. The Morgan fingerprint density at radius 1 is 1.31 bits per heavy atom. The molecule has 72 valence electrons. The van der Waals surface area contributed by atoms with Crippen molar-refractivity contribution < 1.29 is 4.39 Å². The highest BCUT2D eigenvalue weighted by molar-refractivity contribution is 6.30. The largest absolute Gasteiger partial charge is 0.207 e. The van der Waals surface area contributed by atoms with Crippen molar-refractivity contribution in [1.29, 1.82) is 0 Å². The second kappa shape index (κ2) is 4.30. The first kappa shape index (κ1) is 10.8. The first-order valence-electron chi connectivity index (χ1n) is 4.11. The fraction of sp³-hybridized carbons (Fsp3) is 0.400. The van der Waals surface area contributed by atoms with Gasteiger partial charge in [-0.05, 0) is 24.6 Å². The van der Waals surface area contributed by atoms with Crippen molar-refractivity contribution in [2.75, 3.05) is 0 Å². The lowest BCUT2D eigenvalue weighted by Gasteiger charge is -2.14. The van der Waals surface area contributed by atoms with Gasteiger partial charge < -0.3 is 0 Å². The minimum atomic E-state index is -0.285. The van der Waals surface area contributed by atoms with Crippen LogP contribution in [-0.4, -0.2) is 5.38 Å². The van der Waals surface area contributed by atoms with Crippen LogP contribution < -0.4 is 0 Å². The van der Waals surface area contributed by atoms with E-state index in [2.05, 4.69) is 0 Å². The number of rotatable bonds is 2. The second-order valence-electron chi connectivity index (χ2n) is 3.13. The molecule has 13 heavy (non-hydrogen) atoms. The van der Waals surface area contributed by atoms with Crippen LogP contribution in [0.25, 0.3) is 0 Å². The third kappa shape index (κ3) is 2.58. The Morgan fingerprint density at radius 2 is 1.92 bits per heavy atom. The summed E-state index contributed by atoms with van der Waals surface area (Å²) in [6.45, 7) is 3.74. The molecule has 0 spiro atoms. The summed E-state index contributed by atoms with van der Waals surface area (Å²) in [4.78, 5) is 0. The van der Waals surface area contributed by atoms with E-state index in [4.69, 9.17) is 23.2 Å². The highest BCUT2D eigenvalue weighted by Gasteiger charge is 2.15. The highest BCUT2D eigenvalue weighted by atomic mass is 35.5. The zero-order valence-electron chi connectivity index (χ0n) is 7.52. The van der Waals surface area contributed by atoms with E-state index in [0.717, 1.165) is 0 Å². The maximum atomic E-state index is 13.3. The number of hydrogen-bond acceptors (Lipinski definition) is 0. The molecule has 0 saturated heterocycles. The lowest BCUT2D eigenvalue weighted by atomic mass is 9.98. The van der Waals surface area contributed by atoms with E-state index in [1.54, 1.807) is 12.1 Å². The fourth-order valence-corrected chi connectivity index (χ4v) is 1.41. The predicted octanol–water partition coefficient (Wildman–Crippen LogP) is 4.21. The molecule has 0 aliphatic rings. The summed E-state index contributed by atoms with van der Waals surface area (Å²) in [6, 6.07) is 4.67. The Hall–Kier alpha value is -0.270. The molecule has 0 aliphatic heterocycles. The van der Waals surface area contributed by atoms with Gasteiger partial charge in [-0.1, -0.05) is 24.6 Å². The third-order valence-corrected chi connectivity index (χ3v) is 2.76. The zero-order valence-corrected chi connectivity index (χ0v) is 9.03. The minimum absolute atomic E-state index is 0.000988. The fourth-order valence-electron chi connectivity index (χ4n) is 1.12. The molecule has 2 unspecified atom stereocenters. The van der Waals surface area contributed by atoms with Crippen LogP contribution in [0.3, 0.4) is 0 Å². The van der Waals surface area contributed by atoms with Gasteiger partial charge in [0.25, 0.3) is 0 Å². The molecule has 0 aliphatic carbocycles. The molecular weight excluding hydrogens is 210 g/mol. The molecule has 0 heterocycles. The Balaban J connectivity index is 3.01. The summed E-state index contributed by atoms with van der Waals surface area (Å²) in [5.74, 6) is -0.286. The molecular formula is C10H11Cl2F. The van der Waals surface area contributed by atoms with Crippen LogP contribution in [0.4, 0.5) is 4.39 Å². The molecule has 0 N–H and O–H groups in total. The second-order valence-corrected chi connectivity index (χ2v) is 4.26. The quantitative estimate of drug-likeness (QED) is 0.656. The van der Waals surface area contributed by atoms with Gasteiger partial charge in [0.05, 0.1) is 0 Å². The van der Waals surface area contributed by atoms with Gasteiger partial charge in [-0.2, -0.15) is 0 Å². The van der Waals surface area contributed by atoms with E-state index in [1.807, 2.05) is 13.8 Å². The smallest absolute Gasteiger partial charge is 0.128 e. The maximum absolute atomic E-state index is 13.3. The molecule has 0 bridgehead atoms. The summed E-state index contributed by atoms with van der Waals surface area (Å²) in [6.07, 6.45) is 0. The SMILES string of the molecule is CC(Cl)C(C)c1ccc(Cl)cc1F. The van der Waals surface area contributed by atoms with Gasteiger partial charge in [0, 0.05) is 16.3 Å². The molecule has 1 aromatic carbocycles. The van der Waals surface area contributed by atoms with Crippen molar-refractivity contribution in [2.45, 2.75) is 25.1 Å². The Labute approximate surface area is 87.7 Å². The third-order valence-electron chi connectivity index (χ3n) is 2.14. The molecule has 0 fully saturated rings. The Morgan fingerprint density at radius 3 is 2.38 bits per heavy atom. The van der Waals surface area contributed by atoms with Gasteiger partial charge in [0.1, 0.15) is 5.82 Å². The van der Waals surface area contributed by atoms with Crippen molar-refractivity contribution in [3.8, 4) is 0 Å². The lowest BCUT2D eigenvalue weighted by molar-refractivity contribution is 0.585. The average molecular weight is 221 g/mol. The van der Waals surface area contributed by atoms with Gasteiger partial charge in [-0.3, -0.25) is 0 Å². The van der Waals surface area contributed by atoms with Gasteiger partial charge in [-0.15, -0.1) is 11.6 Å². The van der Waals surface area contributed by atoms with Crippen molar-refractivity contribution in [3.05, 3.63) is 34.6 Å². The normalized spacial score (nSPS) is 15.5. The van der Waals surface area contributed by atoms with Crippen LogP contribution in [0.1, 0.15) is 25.3 Å². The van der Waals surface area contributed by atoms with E-state index in [9.17, 15) is 4.39 Å². The zero-order chi connectivity index (χ0) is 10.0. The van der Waals surface area contributed by atoms with Gasteiger partial charge in [0.2, 0.25) is 0 Å². The topological polar surface area (TPSA) is 0 Å². The van der Waals surface area contributed by atoms with Crippen molar-refractivity contribution in [2.24, 2.45) is 0 Å². The van der Waals surface area contributed by atoms with Crippen molar-refractivity contribution in [3.63, 3.8) is 0 Å². The van der Waals surface area contributed by atoms with E-state index >= 15 is 0 Å². The number of alkyl halides is 1. The molecule has 0 saturated carbocycles. The van der Waals surface area contributed by atoms with Crippen LogP contribution in [0.15, 0.2) is 18.2 Å². The van der Waals surface area contributed by atoms with E-state index < -0.39 is 0 Å². The van der Waals surface area contributed by atoms with Crippen LogP contribution in [0, 0.1) is 5.82 Å². The van der Waals surface area contributed by atoms with Crippen LogP contribution in [-0.2, 0) is 0 Å². The first-order valence-corrected chi connectivity index (χ1v) is 4.93. The monoisotopic (exact) mass is 220 g/mol. The standard InChI is InChI=1S/C10H11Cl2F/c1-6(7(2)11)9-4-3-8(12)5-10(9)13/h3-7H,1-2H3. The van der Waals surface area contributed by atoms with Gasteiger partial charge in [-0.25, -0.2) is 4.39 Å². The first-order chi connectivity index (χ1) is 6.02. The van der Waals surface area contributed by atoms with Crippen molar-refractivity contribution in [1.82, 2.24) is 0 Å². The molecule has 1 aromatic rings. The Bertz CT molecular complexity index is 297. The summed E-state index contributed by atoms with van der Waals surface area (Å²) in [5.41, 5.74) is 0.618. The summed E-state index contributed by atoms with van der Waals surface area (Å²) < 4.78 is 13.3. The van der Waals surface area contributed by atoms with Crippen LogP contribution in [0.2, 0.25) is 5.02 Å². The number of benzene rings is 1. The lowest BCUT2D eigenvalue weighted by Crippen LogP contribution is -2.06. The predicted molar refractivity (Wildman–Crippen MR) is 55.1 cm³/mol. The molecule has 3 heteroatoms. The molecule has 0 nitrogen and oxygen atoms in total. The summed E-state index contributed by atoms with van der Waals surface area (Å²) in [5, 5.41) is 0.325. The average Bonchev–Trinajstić information content (AvgIpc) is 2.03. The number of hydrogen-bond donors (Lipinski definition) is 0. The molecule has 1 rings (SSSR count). The van der Waals surface area contributed by atoms with Gasteiger partial charge in [0.15, 0.2) is 0 Å². The molecule has 0 amide bonds. The van der Waals surface area contributed by atoms with Crippen molar-refractivity contribution >= 4 is 23.2 Å². The van der Waals surface area contributed by atoms with Crippen LogP contribution >= 0.6 is 23.2 Å². The maximum Gasteiger partial charge on any atom is 0.128 e. The molecule has 0 radical (unpaired) electrons. The molecule has 0 aromatic heterocycles. The highest BCUT2D eigenvalue weighted by Crippen LogP contribution is 2.26. The minimum Gasteiger partial charge on any atom is -0.207 e. The summed E-state index contributed by atoms with van der Waals surface area (Å²) >= 11 is 11.5. The molecule has 2 atom stereocenters. The van der Waals surface area contributed by atoms with E-state index in [0.29, 0.717) is 10.6 Å². The summed E-state index contributed by atoms with van der Waals surface area (Å²) in [7, 11) is 0. The van der Waals surface area contributed by atoms with E-state index in [1.165, 1.54) is 6.07 Å². The van der Waals surface area contributed by atoms with E-state index in [-0.39, 0.29) is 17.1 Å². The van der Waals surface area contributed by atoms with Gasteiger partial charge >= 0.3 is 0 Å². The Kier molecular flexibility index (Phi) is 3.57. The van der Waals surface area contributed by atoms with Crippen LogP contribution in [0.5, 0.6) is 0 Å².